The Morgan fingerprint density at radius 3 is 3.00 bits per heavy atom. The van der Waals surface area contributed by atoms with E-state index in [0.29, 0.717) is 13.2 Å². The highest BCUT2D eigenvalue weighted by atomic mass is 16.5. The fraction of sp³-hybridized carbons (Fsp3) is 0.462. The summed E-state index contributed by atoms with van der Waals surface area (Å²) < 4.78 is 7.93. The van der Waals surface area contributed by atoms with Gasteiger partial charge in [-0.25, -0.2) is 0 Å². The molecule has 0 spiro atoms. The molecule has 4 nitrogen and oxygen atoms in total. The molecule has 2 N–H and O–H groups in total. The molecule has 1 atom stereocenters. The molecule has 1 aliphatic rings. The summed E-state index contributed by atoms with van der Waals surface area (Å²) in [6, 6.07) is 8.15. The third kappa shape index (κ3) is 1.48. The SMILES string of the molecule is CC1(C)CO[C@H](CN)c2c3ccccc3nn21. The summed E-state index contributed by atoms with van der Waals surface area (Å²) in [5.41, 5.74) is 7.80. The lowest BCUT2D eigenvalue weighted by Crippen LogP contribution is -2.41. The fourth-order valence-corrected chi connectivity index (χ4v) is 2.45. The molecule has 0 saturated carbocycles. The molecule has 0 unspecified atom stereocenters. The Labute approximate surface area is 100 Å². The van der Waals surface area contributed by atoms with Crippen molar-refractivity contribution >= 4 is 10.9 Å². The van der Waals surface area contributed by atoms with Gasteiger partial charge in [0.2, 0.25) is 0 Å². The molecular weight excluding hydrogens is 214 g/mol. The van der Waals surface area contributed by atoms with Crippen molar-refractivity contribution in [3.63, 3.8) is 0 Å². The first-order chi connectivity index (χ1) is 8.13. The normalized spacial score (nSPS) is 22.6. The van der Waals surface area contributed by atoms with E-state index in [1.54, 1.807) is 0 Å². The number of hydrogen-bond donors (Lipinski definition) is 1. The Morgan fingerprint density at radius 2 is 2.24 bits per heavy atom. The molecule has 0 saturated heterocycles. The molecule has 1 aliphatic heterocycles. The summed E-state index contributed by atoms with van der Waals surface area (Å²) in [5.74, 6) is 0. The number of aromatic nitrogens is 2. The Bertz CT molecular complexity index is 559. The van der Waals surface area contributed by atoms with Gasteiger partial charge in [-0.1, -0.05) is 18.2 Å². The minimum Gasteiger partial charge on any atom is -0.368 e. The molecule has 0 radical (unpaired) electrons. The number of nitrogens with two attached hydrogens (primary N) is 1. The first-order valence-corrected chi connectivity index (χ1v) is 5.93. The molecule has 17 heavy (non-hydrogen) atoms. The predicted molar refractivity (Wildman–Crippen MR) is 66.8 cm³/mol. The van der Waals surface area contributed by atoms with E-state index in [2.05, 4.69) is 29.7 Å². The Hall–Kier alpha value is -1.39. The molecule has 0 bridgehead atoms. The van der Waals surface area contributed by atoms with Gasteiger partial charge in [0, 0.05) is 11.9 Å². The van der Waals surface area contributed by atoms with Crippen molar-refractivity contribution in [1.29, 1.82) is 0 Å². The van der Waals surface area contributed by atoms with Gasteiger partial charge in [0.05, 0.1) is 23.4 Å². The van der Waals surface area contributed by atoms with Crippen LogP contribution < -0.4 is 5.73 Å². The van der Waals surface area contributed by atoms with Crippen LogP contribution in [0, 0.1) is 0 Å². The van der Waals surface area contributed by atoms with E-state index in [9.17, 15) is 0 Å². The number of hydrogen-bond acceptors (Lipinski definition) is 3. The molecule has 1 aromatic carbocycles. The quantitative estimate of drug-likeness (QED) is 0.814. The van der Waals surface area contributed by atoms with Gasteiger partial charge in [-0.2, -0.15) is 5.10 Å². The summed E-state index contributed by atoms with van der Waals surface area (Å²) in [6.07, 6.45) is -0.0459. The van der Waals surface area contributed by atoms with Crippen LogP contribution in [-0.2, 0) is 10.3 Å². The van der Waals surface area contributed by atoms with Crippen LogP contribution in [0.3, 0.4) is 0 Å². The maximum absolute atomic E-state index is 5.85. The highest BCUT2D eigenvalue weighted by Gasteiger charge is 2.35. The lowest BCUT2D eigenvalue weighted by molar-refractivity contribution is -0.0294. The van der Waals surface area contributed by atoms with E-state index in [-0.39, 0.29) is 11.6 Å². The van der Waals surface area contributed by atoms with Crippen LogP contribution in [0.25, 0.3) is 10.9 Å². The van der Waals surface area contributed by atoms with Crippen LogP contribution in [-0.4, -0.2) is 22.9 Å². The van der Waals surface area contributed by atoms with Gasteiger partial charge in [-0.05, 0) is 19.9 Å². The third-order valence-electron chi connectivity index (χ3n) is 3.35. The molecule has 4 heteroatoms. The lowest BCUT2D eigenvalue weighted by atomic mass is 10.0. The Kier molecular flexibility index (Phi) is 2.24. The highest BCUT2D eigenvalue weighted by molar-refractivity contribution is 5.82. The molecule has 2 heterocycles. The average Bonchev–Trinajstić information content (AvgIpc) is 2.71. The van der Waals surface area contributed by atoms with E-state index >= 15 is 0 Å². The van der Waals surface area contributed by atoms with E-state index in [1.807, 2.05) is 18.2 Å². The average molecular weight is 231 g/mol. The van der Waals surface area contributed by atoms with Gasteiger partial charge in [0.1, 0.15) is 6.10 Å². The molecule has 0 fully saturated rings. The zero-order valence-electron chi connectivity index (χ0n) is 10.2. The molecule has 0 amide bonds. The summed E-state index contributed by atoms with van der Waals surface area (Å²) >= 11 is 0. The van der Waals surface area contributed by atoms with Gasteiger partial charge in [0.25, 0.3) is 0 Å². The van der Waals surface area contributed by atoms with Gasteiger partial charge in [0.15, 0.2) is 0 Å². The van der Waals surface area contributed by atoms with Gasteiger partial charge in [-0.15, -0.1) is 0 Å². The second kappa shape index (κ2) is 3.55. The monoisotopic (exact) mass is 231 g/mol. The number of fused-ring (bicyclic) bond motifs is 3. The van der Waals surface area contributed by atoms with Gasteiger partial charge < -0.3 is 10.5 Å². The standard InChI is InChI=1S/C13H17N3O/c1-13(2)8-17-11(7-14)12-9-5-3-4-6-10(9)15-16(12)13/h3-6,11H,7-8,14H2,1-2H3/t11-/m1/s1. The minimum atomic E-state index is -0.111. The van der Waals surface area contributed by atoms with Gasteiger partial charge >= 0.3 is 0 Å². The number of benzene rings is 1. The van der Waals surface area contributed by atoms with Gasteiger partial charge in [-0.3, -0.25) is 4.68 Å². The minimum absolute atomic E-state index is 0.0459. The molecule has 1 aromatic heterocycles. The van der Waals surface area contributed by atoms with E-state index in [0.717, 1.165) is 16.6 Å². The van der Waals surface area contributed by atoms with Crippen molar-refractivity contribution in [3.05, 3.63) is 30.0 Å². The molecule has 3 rings (SSSR count). The second-order valence-electron chi connectivity index (χ2n) is 5.16. The summed E-state index contributed by atoms with van der Waals surface area (Å²) in [4.78, 5) is 0. The van der Waals surface area contributed by atoms with Crippen LogP contribution >= 0.6 is 0 Å². The van der Waals surface area contributed by atoms with Crippen molar-refractivity contribution in [3.8, 4) is 0 Å². The topological polar surface area (TPSA) is 53.1 Å². The number of ether oxygens (including phenoxy) is 1. The smallest absolute Gasteiger partial charge is 0.112 e. The maximum Gasteiger partial charge on any atom is 0.112 e. The van der Waals surface area contributed by atoms with Crippen LogP contribution in [0.4, 0.5) is 0 Å². The van der Waals surface area contributed by atoms with Crippen LogP contribution in [0.1, 0.15) is 25.6 Å². The van der Waals surface area contributed by atoms with Crippen LogP contribution in [0.15, 0.2) is 24.3 Å². The Morgan fingerprint density at radius 1 is 1.47 bits per heavy atom. The highest BCUT2D eigenvalue weighted by Crippen LogP contribution is 2.35. The predicted octanol–water partition coefficient (Wildman–Crippen LogP) is 1.80. The third-order valence-corrected chi connectivity index (χ3v) is 3.35. The van der Waals surface area contributed by atoms with Crippen molar-refractivity contribution in [2.24, 2.45) is 5.73 Å². The van der Waals surface area contributed by atoms with Crippen LogP contribution in [0.2, 0.25) is 0 Å². The molecule has 90 valence electrons. The fourth-order valence-electron chi connectivity index (χ4n) is 2.45. The Balaban J connectivity index is 2.32. The van der Waals surface area contributed by atoms with Crippen molar-refractivity contribution in [2.45, 2.75) is 25.5 Å². The molecular formula is C13H17N3O. The molecule has 2 aromatic rings. The number of nitrogens with zero attached hydrogens (tertiary/aromatic N) is 2. The number of rotatable bonds is 1. The summed E-state index contributed by atoms with van der Waals surface area (Å²) in [7, 11) is 0. The zero-order chi connectivity index (χ0) is 12.0. The van der Waals surface area contributed by atoms with E-state index in [4.69, 9.17) is 10.5 Å². The summed E-state index contributed by atoms with van der Waals surface area (Å²) in [5, 5.41) is 5.83. The van der Waals surface area contributed by atoms with Crippen LogP contribution in [0.5, 0.6) is 0 Å². The van der Waals surface area contributed by atoms with Crippen molar-refractivity contribution in [1.82, 2.24) is 9.78 Å². The first-order valence-electron chi connectivity index (χ1n) is 5.93. The van der Waals surface area contributed by atoms with Crippen molar-refractivity contribution in [2.75, 3.05) is 13.2 Å². The summed E-state index contributed by atoms with van der Waals surface area (Å²) in [6.45, 7) is 5.41. The molecule has 0 aliphatic carbocycles. The second-order valence-corrected chi connectivity index (χ2v) is 5.16. The largest absolute Gasteiger partial charge is 0.368 e. The van der Waals surface area contributed by atoms with Crippen molar-refractivity contribution < 1.29 is 4.74 Å². The zero-order valence-corrected chi connectivity index (χ0v) is 10.2. The maximum atomic E-state index is 5.85. The lowest BCUT2D eigenvalue weighted by Gasteiger charge is -2.35. The van der Waals surface area contributed by atoms with E-state index < -0.39 is 0 Å². The van der Waals surface area contributed by atoms with E-state index in [1.165, 1.54) is 0 Å². The first kappa shape index (κ1) is 10.7.